The summed E-state index contributed by atoms with van der Waals surface area (Å²) < 4.78 is 5.88. The number of amides is 1. The normalized spacial score (nSPS) is 14.4. The van der Waals surface area contributed by atoms with Gasteiger partial charge >= 0.3 is 0 Å². The van der Waals surface area contributed by atoms with Gasteiger partial charge in [-0.15, -0.1) is 0 Å². The van der Waals surface area contributed by atoms with Crippen molar-refractivity contribution in [3.63, 3.8) is 0 Å². The van der Waals surface area contributed by atoms with E-state index in [0.29, 0.717) is 23.7 Å². The summed E-state index contributed by atoms with van der Waals surface area (Å²) in [4.78, 5) is 25.5. The lowest BCUT2D eigenvalue weighted by molar-refractivity contribution is -0.123. The third kappa shape index (κ3) is 5.12. The molecular formula is C26H24N6O2. The van der Waals surface area contributed by atoms with E-state index in [9.17, 15) is 4.79 Å². The molecule has 1 aliphatic rings. The SMILES string of the molecule is Cc1ccnc(Nc2cc(Nc3ccc(NC(=O)C4CCc5ccccc5O4)cc3)ncn2)c1. The highest BCUT2D eigenvalue weighted by molar-refractivity contribution is 5.94. The summed E-state index contributed by atoms with van der Waals surface area (Å²) in [5, 5.41) is 9.37. The molecule has 8 nitrogen and oxygen atoms in total. The standard InChI is InChI=1S/C26H24N6O2/c1-17-12-13-27-23(14-17)32-25-15-24(28-16-29-25)30-19-7-9-20(10-8-19)31-26(33)22-11-6-18-4-2-3-5-21(18)34-22/h2-5,7-10,12-16,22H,6,11H2,1H3,(H,31,33)(H2,27,28,29,30,32). The summed E-state index contributed by atoms with van der Waals surface area (Å²) in [6.07, 6.45) is 4.22. The van der Waals surface area contributed by atoms with Crippen molar-refractivity contribution in [3.05, 3.63) is 90.4 Å². The van der Waals surface area contributed by atoms with E-state index in [1.807, 2.05) is 67.6 Å². The molecule has 1 amide bonds. The Labute approximate surface area is 197 Å². The van der Waals surface area contributed by atoms with Crippen LogP contribution >= 0.6 is 0 Å². The first-order chi connectivity index (χ1) is 16.6. The molecule has 170 valence electrons. The Kier molecular flexibility index (Phi) is 6.03. The maximum atomic E-state index is 12.7. The zero-order valence-corrected chi connectivity index (χ0v) is 18.7. The van der Waals surface area contributed by atoms with Crippen molar-refractivity contribution < 1.29 is 9.53 Å². The minimum absolute atomic E-state index is 0.147. The van der Waals surface area contributed by atoms with Gasteiger partial charge in [0.05, 0.1) is 0 Å². The van der Waals surface area contributed by atoms with Crippen LogP contribution in [0.3, 0.4) is 0 Å². The van der Waals surface area contributed by atoms with Crippen LogP contribution < -0.4 is 20.7 Å². The predicted molar refractivity (Wildman–Crippen MR) is 132 cm³/mol. The second-order valence-corrected chi connectivity index (χ2v) is 8.08. The van der Waals surface area contributed by atoms with E-state index in [1.54, 1.807) is 12.3 Å². The highest BCUT2D eigenvalue weighted by Crippen LogP contribution is 2.28. The number of hydrogen-bond donors (Lipinski definition) is 3. The van der Waals surface area contributed by atoms with Crippen molar-refractivity contribution in [1.82, 2.24) is 15.0 Å². The summed E-state index contributed by atoms with van der Waals surface area (Å²) >= 11 is 0. The van der Waals surface area contributed by atoms with Gasteiger partial charge in [-0.3, -0.25) is 4.79 Å². The Morgan fingerprint density at radius 2 is 1.62 bits per heavy atom. The van der Waals surface area contributed by atoms with Crippen LogP contribution in [0.2, 0.25) is 0 Å². The fourth-order valence-corrected chi connectivity index (χ4v) is 3.75. The Balaban J connectivity index is 1.19. The number of fused-ring (bicyclic) bond motifs is 1. The van der Waals surface area contributed by atoms with Crippen LogP contribution in [0.5, 0.6) is 5.75 Å². The highest BCUT2D eigenvalue weighted by atomic mass is 16.5. The number of ether oxygens (including phenoxy) is 1. The van der Waals surface area contributed by atoms with Gasteiger partial charge < -0.3 is 20.7 Å². The third-order valence-corrected chi connectivity index (χ3v) is 5.47. The molecule has 8 heteroatoms. The number of carbonyl (C=O) groups excluding carboxylic acids is 1. The molecule has 0 fully saturated rings. The summed E-state index contributed by atoms with van der Waals surface area (Å²) in [5.41, 5.74) is 3.78. The number of anilines is 5. The molecule has 0 aliphatic carbocycles. The molecule has 0 bridgehead atoms. The van der Waals surface area contributed by atoms with E-state index >= 15 is 0 Å². The van der Waals surface area contributed by atoms with Crippen molar-refractivity contribution in [2.45, 2.75) is 25.9 Å². The van der Waals surface area contributed by atoms with Gasteiger partial charge in [0.15, 0.2) is 6.10 Å². The molecule has 0 spiro atoms. The molecule has 4 aromatic rings. The lowest BCUT2D eigenvalue weighted by Gasteiger charge is -2.25. The Morgan fingerprint density at radius 1 is 0.882 bits per heavy atom. The number of pyridine rings is 1. The summed E-state index contributed by atoms with van der Waals surface area (Å²) in [6.45, 7) is 2.01. The van der Waals surface area contributed by atoms with Gasteiger partial charge in [-0.05, 0) is 73.4 Å². The van der Waals surface area contributed by atoms with Crippen LogP contribution in [0.1, 0.15) is 17.5 Å². The predicted octanol–water partition coefficient (Wildman–Crippen LogP) is 5.00. The van der Waals surface area contributed by atoms with Gasteiger partial charge in [0, 0.05) is 23.6 Å². The first kappa shape index (κ1) is 21.4. The first-order valence-corrected chi connectivity index (χ1v) is 11.1. The summed E-state index contributed by atoms with van der Waals surface area (Å²) in [7, 11) is 0. The van der Waals surface area contributed by atoms with E-state index < -0.39 is 6.10 Å². The molecular weight excluding hydrogens is 428 g/mol. The van der Waals surface area contributed by atoms with Gasteiger partial charge in [0.25, 0.3) is 5.91 Å². The third-order valence-electron chi connectivity index (χ3n) is 5.47. The van der Waals surface area contributed by atoms with E-state index in [2.05, 4.69) is 30.9 Å². The van der Waals surface area contributed by atoms with E-state index in [4.69, 9.17) is 4.74 Å². The highest BCUT2D eigenvalue weighted by Gasteiger charge is 2.25. The number of nitrogens with one attached hydrogen (secondary N) is 3. The molecule has 2 aromatic heterocycles. The molecule has 1 unspecified atom stereocenters. The van der Waals surface area contributed by atoms with Crippen molar-refractivity contribution in [1.29, 1.82) is 0 Å². The smallest absolute Gasteiger partial charge is 0.265 e. The van der Waals surface area contributed by atoms with Gasteiger partial charge in [-0.2, -0.15) is 0 Å². The second-order valence-electron chi connectivity index (χ2n) is 8.08. The van der Waals surface area contributed by atoms with Crippen molar-refractivity contribution in [3.8, 4) is 5.75 Å². The second kappa shape index (κ2) is 9.58. The van der Waals surface area contributed by atoms with E-state index in [-0.39, 0.29) is 5.91 Å². The first-order valence-electron chi connectivity index (χ1n) is 11.1. The molecule has 1 aliphatic heterocycles. The van der Waals surface area contributed by atoms with E-state index in [0.717, 1.165) is 34.8 Å². The van der Waals surface area contributed by atoms with Crippen LogP contribution in [0.4, 0.5) is 28.8 Å². The lowest BCUT2D eigenvalue weighted by atomic mass is 10.0. The fraction of sp³-hybridized carbons (Fsp3) is 0.154. The molecule has 0 radical (unpaired) electrons. The number of rotatable bonds is 6. The molecule has 3 N–H and O–H groups in total. The van der Waals surface area contributed by atoms with Crippen molar-refractivity contribution in [2.75, 3.05) is 16.0 Å². The van der Waals surface area contributed by atoms with E-state index in [1.165, 1.54) is 6.33 Å². The van der Waals surface area contributed by atoms with Crippen LogP contribution in [-0.2, 0) is 11.2 Å². The minimum Gasteiger partial charge on any atom is -0.480 e. The molecule has 0 saturated heterocycles. The Morgan fingerprint density at radius 3 is 2.44 bits per heavy atom. The lowest BCUT2D eigenvalue weighted by Crippen LogP contribution is -2.35. The molecule has 3 heterocycles. The molecule has 1 atom stereocenters. The molecule has 2 aromatic carbocycles. The fourth-order valence-electron chi connectivity index (χ4n) is 3.75. The molecule has 5 rings (SSSR count). The number of para-hydroxylation sites is 1. The number of benzene rings is 2. The Bertz CT molecular complexity index is 1310. The number of hydrogen-bond acceptors (Lipinski definition) is 7. The quantitative estimate of drug-likeness (QED) is 0.378. The number of carbonyl (C=O) groups is 1. The molecule has 34 heavy (non-hydrogen) atoms. The zero-order chi connectivity index (χ0) is 23.3. The van der Waals surface area contributed by atoms with Crippen molar-refractivity contribution in [2.24, 2.45) is 0 Å². The maximum absolute atomic E-state index is 12.7. The van der Waals surface area contributed by atoms with Gasteiger partial charge in [-0.25, -0.2) is 15.0 Å². The van der Waals surface area contributed by atoms with Gasteiger partial charge in [-0.1, -0.05) is 18.2 Å². The van der Waals surface area contributed by atoms with Crippen LogP contribution in [0.25, 0.3) is 0 Å². The summed E-state index contributed by atoms with van der Waals surface area (Å²) in [5.74, 6) is 2.62. The average molecular weight is 453 g/mol. The zero-order valence-electron chi connectivity index (χ0n) is 18.7. The molecule has 0 saturated carbocycles. The van der Waals surface area contributed by atoms with Crippen LogP contribution in [0, 0.1) is 6.92 Å². The monoisotopic (exact) mass is 452 g/mol. The van der Waals surface area contributed by atoms with Crippen molar-refractivity contribution >= 4 is 34.7 Å². The topological polar surface area (TPSA) is 101 Å². The minimum atomic E-state index is -0.498. The number of aryl methyl sites for hydroxylation is 2. The summed E-state index contributed by atoms with van der Waals surface area (Å²) in [6, 6.07) is 21.0. The van der Waals surface area contributed by atoms with Crippen LogP contribution in [0.15, 0.2) is 79.3 Å². The largest absolute Gasteiger partial charge is 0.480 e. The van der Waals surface area contributed by atoms with Crippen LogP contribution in [-0.4, -0.2) is 27.0 Å². The van der Waals surface area contributed by atoms with Gasteiger partial charge in [0.1, 0.15) is 29.5 Å². The number of aromatic nitrogens is 3. The Hall–Kier alpha value is -4.46. The number of nitrogens with zero attached hydrogens (tertiary/aromatic N) is 3. The maximum Gasteiger partial charge on any atom is 0.265 e. The average Bonchev–Trinajstić information content (AvgIpc) is 2.85. The van der Waals surface area contributed by atoms with Gasteiger partial charge in [0.2, 0.25) is 0 Å².